The van der Waals surface area contributed by atoms with Gasteiger partial charge in [0, 0.05) is 17.0 Å². The van der Waals surface area contributed by atoms with E-state index in [0.29, 0.717) is 23.1 Å². The maximum Gasteiger partial charge on any atom is 0.416 e. The molecule has 4 rings (SSSR count). The molecular weight excluding hydrogens is 401 g/mol. The van der Waals surface area contributed by atoms with Gasteiger partial charge in [-0.2, -0.15) is 13.2 Å². The Bertz CT molecular complexity index is 1130. The maximum atomic E-state index is 13.1. The Hall–Kier alpha value is -3.02. The summed E-state index contributed by atoms with van der Waals surface area (Å²) < 4.78 is 41.4. The molecule has 1 unspecified atom stereocenters. The average molecular weight is 426 g/mol. The van der Waals surface area contributed by atoms with E-state index >= 15 is 0 Å². The number of benzene rings is 2. The fraction of sp³-hybridized carbons (Fsp3) is 0.320. The van der Waals surface area contributed by atoms with E-state index in [9.17, 15) is 18.0 Å². The first-order chi connectivity index (χ1) is 14.7. The zero-order valence-electron chi connectivity index (χ0n) is 17.6. The van der Waals surface area contributed by atoms with Crippen molar-refractivity contribution < 1.29 is 18.0 Å². The second-order valence-electron chi connectivity index (χ2n) is 8.09. The summed E-state index contributed by atoms with van der Waals surface area (Å²) in [5.41, 5.74) is 11.0. The largest absolute Gasteiger partial charge is 0.416 e. The summed E-state index contributed by atoms with van der Waals surface area (Å²) in [6, 6.07) is 13.4. The van der Waals surface area contributed by atoms with Crippen LogP contribution in [0.3, 0.4) is 0 Å². The van der Waals surface area contributed by atoms with E-state index in [0.717, 1.165) is 42.8 Å². The zero-order valence-corrected chi connectivity index (χ0v) is 17.6. The summed E-state index contributed by atoms with van der Waals surface area (Å²) in [5.74, 6) is -0.560. The number of rotatable bonds is 5. The molecule has 1 atom stereocenters. The summed E-state index contributed by atoms with van der Waals surface area (Å²) in [7, 11) is 0. The minimum atomic E-state index is -4.41. The van der Waals surface area contributed by atoms with Gasteiger partial charge in [-0.15, -0.1) is 0 Å². The normalized spacial score (nSPS) is 15.8. The Kier molecular flexibility index (Phi) is 5.42. The molecule has 1 aliphatic rings. The number of halogens is 3. The van der Waals surface area contributed by atoms with Crippen molar-refractivity contribution in [3.8, 4) is 11.1 Å². The maximum absolute atomic E-state index is 13.1. The van der Waals surface area contributed by atoms with Gasteiger partial charge in [-0.05, 0) is 55.0 Å². The van der Waals surface area contributed by atoms with Crippen molar-refractivity contribution in [2.45, 2.75) is 51.7 Å². The van der Waals surface area contributed by atoms with Gasteiger partial charge in [-0.25, -0.2) is 0 Å². The molecule has 0 fully saturated rings. The first-order valence-corrected chi connectivity index (χ1v) is 10.5. The minimum absolute atomic E-state index is 0.0825. The molecule has 6 heteroatoms. The number of carbonyl (C=O) groups excluding carboxylic acids is 1. The number of fused-ring (bicyclic) bond motifs is 1. The van der Waals surface area contributed by atoms with Crippen LogP contribution in [0, 0.1) is 6.92 Å². The average Bonchev–Trinajstić information content (AvgIpc) is 3.26. The molecule has 2 aromatic carbocycles. The van der Waals surface area contributed by atoms with Gasteiger partial charge in [0.1, 0.15) is 0 Å². The molecule has 1 heterocycles. The van der Waals surface area contributed by atoms with Crippen LogP contribution in [0.1, 0.15) is 64.2 Å². The molecule has 0 bridgehead atoms. The molecule has 0 saturated heterocycles. The third kappa shape index (κ3) is 3.64. The fourth-order valence-corrected chi connectivity index (χ4v) is 4.91. The second kappa shape index (κ2) is 7.91. The first kappa shape index (κ1) is 21.2. The lowest BCUT2D eigenvalue weighted by molar-refractivity contribution is -0.137. The van der Waals surface area contributed by atoms with Crippen LogP contribution >= 0.6 is 0 Å². The van der Waals surface area contributed by atoms with Crippen LogP contribution in [-0.4, -0.2) is 10.5 Å². The smallest absolute Gasteiger partial charge is 0.366 e. The molecule has 0 spiro atoms. The van der Waals surface area contributed by atoms with Gasteiger partial charge in [-0.3, -0.25) is 4.79 Å². The van der Waals surface area contributed by atoms with Crippen LogP contribution in [0.2, 0.25) is 0 Å². The number of hydrogen-bond acceptors (Lipinski definition) is 1. The molecule has 3 nitrogen and oxygen atoms in total. The Labute approximate surface area is 179 Å². The van der Waals surface area contributed by atoms with E-state index in [4.69, 9.17) is 5.73 Å². The molecule has 0 radical (unpaired) electrons. The van der Waals surface area contributed by atoms with Crippen LogP contribution in [-0.2, 0) is 19.0 Å². The van der Waals surface area contributed by atoms with E-state index in [1.807, 2.05) is 19.1 Å². The Morgan fingerprint density at radius 1 is 1.13 bits per heavy atom. The second-order valence-corrected chi connectivity index (χ2v) is 8.09. The van der Waals surface area contributed by atoms with Crippen molar-refractivity contribution in [2.75, 3.05) is 0 Å². The van der Waals surface area contributed by atoms with Crippen LogP contribution in [0.25, 0.3) is 11.1 Å². The topological polar surface area (TPSA) is 48.0 Å². The molecule has 162 valence electrons. The predicted octanol–water partition coefficient (Wildman–Crippen LogP) is 6.07. The Balaban J connectivity index is 1.94. The number of primary amides is 1. The molecule has 1 amide bonds. The number of nitrogens with zero attached hydrogens (tertiary/aromatic N) is 1. The van der Waals surface area contributed by atoms with Gasteiger partial charge in [0.25, 0.3) is 5.91 Å². The highest BCUT2D eigenvalue weighted by molar-refractivity contribution is 6.02. The number of aromatic nitrogens is 1. The van der Waals surface area contributed by atoms with Crippen molar-refractivity contribution in [1.82, 2.24) is 4.57 Å². The number of nitrogens with two attached hydrogens (primary N) is 1. The lowest BCUT2D eigenvalue weighted by Gasteiger charge is -2.21. The summed E-state index contributed by atoms with van der Waals surface area (Å²) in [5, 5.41) is 0. The molecule has 0 aliphatic heterocycles. The van der Waals surface area contributed by atoms with E-state index in [2.05, 4.69) is 23.6 Å². The Morgan fingerprint density at radius 2 is 1.81 bits per heavy atom. The highest BCUT2D eigenvalue weighted by Crippen LogP contribution is 2.42. The standard InChI is InChI=1S/C25H25F3N2O/c1-3-6-21-23(17-9-12-18(13-10-17)25(26,27)28)22(24(29)31)15(2)30(21)20-14-11-16-7-4-5-8-19(16)20/h4-5,7-10,12-13,20H,3,6,11,14H2,1-2H3,(H2,29,31). The molecule has 31 heavy (non-hydrogen) atoms. The molecule has 2 N–H and O–H groups in total. The van der Waals surface area contributed by atoms with Crippen molar-refractivity contribution in [1.29, 1.82) is 0 Å². The lowest BCUT2D eigenvalue weighted by Crippen LogP contribution is -2.15. The molecule has 1 aromatic heterocycles. The van der Waals surface area contributed by atoms with Crippen LogP contribution in [0.4, 0.5) is 13.2 Å². The van der Waals surface area contributed by atoms with E-state index in [1.54, 1.807) is 0 Å². The number of carbonyl (C=O) groups is 1. The minimum Gasteiger partial charge on any atom is -0.366 e. The van der Waals surface area contributed by atoms with Crippen molar-refractivity contribution >= 4 is 5.91 Å². The zero-order chi connectivity index (χ0) is 22.3. The van der Waals surface area contributed by atoms with Gasteiger partial charge >= 0.3 is 6.18 Å². The highest BCUT2D eigenvalue weighted by atomic mass is 19.4. The summed E-state index contributed by atoms with van der Waals surface area (Å²) in [4.78, 5) is 12.5. The summed E-state index contributed by atoms with van der Waals surface area (Å²) in [6.45, 7) is 3.93. The van der Waals surface area contributed by atoms with Crippen LogP contribution < -0.4 is 5.73 Å². The summed E-state index contributed by atoms with van der Waals surface area (Å²) in [6.07, 6.45) is -1.01. The number of alkyl halides is 3. The van der Waals surface area contributed by atoms with Crippen molar-refractivity contribution in [3.63, 3.8) is 0 Å². The lowest BCUT2D eigenvalue weighted by atomic mass is 9.97. The quantitative estimate of drug-likeness (QED) is 0.529. The Morgan fingerprint density at radius 3 is 2.42 bits per heavy atom. The predicted molar refractivity (Wildman–Crippen MR) is 115 cm³/mol. The van der Waals surface area contributed by atoms with Crippen LogP contribution in [0.5, 0.6) is 0 Å². The molecule has 3 aromatic rings. The fourth-order valence-electron chi connectivity index (χ4n) is 4.91. The van der Waals surface area contributed by atoms with Gasteiger partial charge in [0.05, 0.1) is 17.2 Å². The van der Waals surface area contributed by atoms with Gasteiger partial charge in [0.15, 0.2) is 0 Å². The van der Waals surface area contributed by atoms with Gasteiger partial charge < -0.3 is 10.3 Å². The third-order valence-corrected chi connectivity index (χ3v) is 6.20. The van der Waals surface area contributed by atoms with E-state index in [-0.39, 0.29) is 6.04 Å². The third-order valence-electron chi connectivity index (χ3n) is 6.20. The van der Waals surface area contributed by atoms with Crippen molar-refractivity contribution in [3.05, 3.63) is 82.2 Å². The van der Waals surface area contributed by atoms with Gasteiger partial charge in [0.2, 0.25) is 0 Å². The monoisotopic (exact) mass is 426 g/mol. The SMILES string of the molecule is CCCc1c(-c2ccc(C(F)(F)F)cc2)c(C(N)=O)c(C)n1C1CCc2ccccc21. The summed E-state index contributed by atoms with van der Waals surface area (Å²) >= 11 is 0. The van der Waals surface area contributed by atoms with Gasteiger partial charge in [-0.1, -0.05) is 49.7 Å². The molecule has 0 saturated carbocycles. The molecular formula is C25H25F3N2O. The van der Waals surface area contributed by atoms with Crippen molar-refractivity contribution in [2.24, 2.45) is 5.73 Å². The van der Waals surface area contributed by atoms with E-state index in [1.165, 1.54) is 23.3 Å². The highest BCUT2D eigenvalue weighted by Gasteiger charge is 2.33. The van der Waals surface area contributed by atoms with E-state index < -0.39 is 17.6 Å². The number of aryl methyl sites for hydroxylation is 1. The first-order valence-electron chi connectivity index (χ1n) is 10.5. The van der Waals surface area contributed by atoms with Crippen LogP contribution in [0.15, 0.2) is 48.5 Å². The number of hydrogen-bond donors (Lipinski definition) is 1. The number of amides is 1. The molecule has 1 aliphatic carbocycles.